The van der Waals surface area contributed by atoms with E-state index in [0.717, 1.165) is 26.1 Å². The Hall–Kier alpha value is -1.06. The number of nitrogens with one attached hydrogen (secondary N) is 1. The number of hydrogen-bond acceptors (Lipinski definition) is 3. The van der Waals surface area contributed by atoms with E-state index in [1.807, 2.05) is 0 Å². The van der Waals surface area contributed by atoms with Crippen LogP contribution in [0.4, 0.5) is 5.69 Å². The smallest absolute Gasteiger partial charge is 0.0361 e. The van der Waals surface area contributed by atoms with E-state index >= 15 is 0 Å². The molecular formula is C15H27N3. The van der Waals surface area contributed by atoms with E-state index in [1.165, 1.54) is 30.5 Å². The van der Waals surface area contributed by atoms with Gasteiger partial charge in [-0.05, 0) is 43.6 Å². The molecule has 0 aliphatic heterocycles. The summed E-state index contributed by atoms with van der Waals surface area (Å²) in [4.78, 5) is 2.12. The third-order valence-corrected chi connectivity index (χ3v) is 3.09. The summed E-state index contributed by atoms with van der Waals surface area (Å²) in [6.45, 7) is 2.89. The first kappa shape index (κ1) is 15.0. The molecule has 18 heavy (non-hydrogen) atoms. The van der Waals surface area contributed by atoms with Gasteiger partial charge in [-0.1, -0.05) is 25.0 Å². The van der Waals surface area contributed by atoms with Crippen LogP contribution in [-0.4, -0.2) is 27.2 Å². The molecule has 1 rings (SSSR count). The van der Waals surface area contributed by atoms with Crippen LogP contribution >= 0.6 is 0 Å². The Morgan fingerprint density at radius 2 is 1.67 bits per heavy atom. The zero-order valence-electron chi connectivity index (χ0n) is 11.8. The summed E-state index contributed by atoms with van der Waals surface area (Å²) in [5.41, 5.74) is 8.06. The Kier molecular flexibility index (Phi) is 7.46. The second kappa shape index (κ2) is 8.95. The third-order valence-electron chi connectivity index (χ3n) is 3.09. The number of anilines is 1. The molecule has 102 valence electrons. The fraction of sp³-hybridized carbons (Fsp3) is 0.600. The van der Waals surface area contributed by atoms with Gasteiger partial charge in [0.25, 0.3) is 0 Å². The molecule has 3 nitrogen and oxygen atoms in total. The van der Waals surface area contributed by atoms with Crippen molar-refractivity contribution in [2.75, 3.05) is 32.1 Å². The molecule has 0 aliphatic carbocycles. The van der Waals surface area contributed by atoms with Crippen molar-refractivity contribution in [3.63, 3.8) is 0 Å². The summed E-state index contributed by atoms with van der Waals surface area (Å²) >= 11 is 0. The monoisotopic (exact) mass is 249 g/mol. The van der Waals surface area contributed by atoms with E-state index in [4.69, 9.17) is 5.73 Å². The molecule has 0 bridgehead atoms. The highest BCUT2D eigenvalue weighted by atomic mass is 15.1. The van der Waals surface area contributed by atoms with Crippen molar-refractivity contribution in [1.29, 1.82) is 0 Å². The molecular weight excluding hydrogens is 222 g/mol. The molecule has 0 heterocycles. The predicted molar refractivity (Wildman–Crippen MR) is 80.0 cm³/mol. The maximum absolute atomic E-state index is 5.46. The van der Waals surface area contributed by atoms with Gasteiger partial charge >= 0.3 is 0 Å². The lowest BCUT2D eigenvalue weighted by Crippen LogP contribution is -2.15. The van der Waals surface area contributed by atoms with Gasteiger partial charge in [0.05, 0.1) is 0 Å². The van der Waals surface area contributed by atoms with Crippen LogP contribution in [-0.2, 0) is 6.54 Å². The molecule has 3 N–H and O–H groups in total. The number of nitrogens with zero attached hydrogens (tertiary/aromatic N) is 1. The van der Waals surface area contributed by atoms with Gasteiger partial charge in [-0.15, -0.1) is 0 Å². The summed E-state index contributed by atoms with van der Waals surface area (Å²) in [5, 5.41) is 3.48. The predicted octanol–water partition coefficient (Wildman–Crippen LogP) is 2.36. The maximum atomic E-state index is 5.46. The van der Waals surface area contributed by atoms with Gasteiger partial charge in [0, 0.05) is 26.3 Å². The van der Waals surface area contributed by atoms with Gasteiger partial charge in [0.15, 0.2) is 0 Å². The molecule has 0 saturated heterocycles. The summed E-state index contributed by atoms with van der Waals surface area (Å²) in [6, 6.07) is 8.71. The first-order valence-corrected chi connectivity index (χ1v) is 6.91. The van der Waals surface area contributed by atoms with Gasteiger partial charge in [-0.3, -0.25) is 0 Å². The van der Waals surface area contributed by atoms with Crippen molar-refractivity contribution in [2.45, 2.75) is 32.2 Å². The maximum Gasteiger partial charge on any atom is 0.0361 e. The minimum Gasteiger partial charge on any atom is -0.378 e. The topological polar surface area (TPSA) is 41.3 Å². The summed E-state index contributed by atoms with van der Waals surface area (Å²) < 4.78 is 0. The SMILES string of the molecule is CN(C)c1ccc(CNCCCCCCN)cc1. The zero-order chi connectivity index (χ0) is 13.2. The lowest BCUT2D eigenvalue weighted by Gasteiger charge is -2.12. The molecule has 0 aliphatic rings. The fourth-order valence-electron chi connectivity index (χ4n) is 1.89. The Balaban J connectivity index is 2.12. The van der Waals surface area contributed by atoms with Gasteiger partial charge < -0.3 is 16.0 Å². The van der Waals surface area contributed by atoms with E-state index in [2.05, 4.69) is 48.6 Å². The summed E-state index contributed by atoms with van der Waals surface area (Å²) in [5.74, 6) is 0. The van der Waals surface area contributed by atoms with Crippen LogP contribution in [0.3, 0.4) is 0 Å². The van der Waals surface area contributed by atoms with Gasteiger partial charge in [-0.25, -0.2) is 0 Å². The lowest BCUT2D eigenvalue weighted by atomic mass is 10.2. The van der Waals surface area contributed by atoms with E-state index in [0.29, 0.717) is 0 Å². The first-order valence-electron chi connectivity index (χ1n) is 6.91. The molecule has 0 fully saturated rings. The van der Waals surface area contributed by atoms with Crippen LogP contribution in [0.1, 0.15) is 31.2 Å². The molecule has 0 amide bonds. The number of hydrogen-bond donors (Lipinski definition) is 2. The molecule has 0 saturated carbocycles. The minimum absolute atomic E-state index is 0.825. The van der Waals surface area contributed by atoms with Crippen LogP contribution in [0.5, 0.6) is 0 Å². The zero-order valence-corrected chi connectivity index (χ0v) is 11.8. The number of rotatable bonds is 9. The molecule has 1 aromatic rings. The highest BCUT2D eigenvalue weighted by Crippen LogP contribution is 2.11. The van der Waals surface area contributed by atoms with E-state index in [1.54, 1.807) is 0 Å². The van der Waals surface area contributed by atoms with Crippen molar-refractivity contribution in [2.24, 2.45) is 5.73 Å². The Labute approximate surface area is 111 Å². The number of unbranched alkanes of at least 4 members (excludes halogenated alkanes) is 3. The summed E-state index contributed by atoms with van der Waals surface area (Å²) in [6.07, 6.45) is 4.95. The van der Waals surface area contributed by atoms with Crippen LogP contribution in [0.2, 0.25) is 0 Å². The number of nitrogens with two attached hydrogens (primary N) is 1. The van der Waals surface area contributed by atoms with E-state index < -0.39 is 0 Å². The molecule has 3 heteroatoms. The van der Waals surface area contributed by atoms with Gasteiger partial charge in [0.2, 0.25) is 0 Å². The highest BCUT2D eigenvalue weighted by molar-refractivity contribution is 5.45. The van der Waals surface area contributed by atoms with Gasteiger partial charge in [-0.2, -0.15) is 0 Å². The largest absolute Gasteiger partial charge is 0.378 e. The molecule has 0 atom stereocenters. The van der Waals surface area contributed by atoms with E-state index in [9.17, 15) is 0 Å². The molecule has 0 spiro atoms. The normalized spacial score (nSPS) is 10.6. The van der Waals surface area contributed by atoms with Gasteiger partial charge in [0.1, 0.15) is 0 Å². The van der Waals surface area contributed by atoms with Crippen molar-refractivity contribution in [3.05, 3.63) is 29.8 Å². The van der Waals surface area contributed by atoms with Crippen molar-refractivity contribution in [3.8, 4) is 0 Å². The third kappa shape index (κ3) is 6.03. The second-order valence-electron chi connectivity index (χ2n) is 4.94. The average Bonchev–Trinajstić information content (AvgIpc) is 2.38. The lowest BCUT2D eigenvalue weighted by molar-refractivity contribution is 0.590. The first-order chi connectivity index (χ1) is 8.74. The number of benzene rings is 1. The molecule has 0 aromatic heterocycles. The minimum atomic E-state index is 0.825. The van der Waals surface area contributed by atoms with Crippen molar-refractivity contribution < 1.29 is 0 Å². The van der Waals surface area contributed by atoms with Crippen LogP contribution < -0.4 is 16.0 Å². The van der Waals surface area contributed by atoms with Crippen LogP contribution in [0.25, 0.3) is 0 Å². The quantitative estimate of drug-likeness (QED) is 0.660. The van der Waals surface area contributed by atoms with Crippen LogP contribution in [0.15, 0.2) is 24.3 Å². The van der Waals surface area contributed by atoms with Crippen LogP contribution in [0, 0.1) is 0 Å². The summed E-state index contributed by atoms with van der Waals surface area (Å²) in [7, 11) is 4.13. The Bertz CT molecular complexity index is 306. The van der Waals surface area contributed by atoms with E-state index in [-0.39, 0.29) is 0 Å². The van der Waals surface area contributed by atoms with Crippen molar-refractivity contribution >= 4 is 5.69 Å². The Morgan fingerprint density at radius 3 is 2.28 bits per heavy atom. The average molecular weight is 249 g/mol. The Morgan fingerprint density at radius 1 is 1.00 bits per heavy atom. The molecule has 1 aromatic carbocycles. The second-order valence-corrected chi connectivity index (χ2v) is 4.94. The highest BCUT2D eigenvalue weighted by Gasteiger charge is 1.96. The standard InChI is InChI=1S/C15H27N3/c1-18(2)15-9-7-14(8-10-15)13-17-12-6-4-3-5-11-16/h7-10,17H,3-6,11-13,16H2,1-2H3. The fourth-order valence-corrected chi connectivity index (χ4v) is 1.89. The van der Waals surface area contributed by atoms with Crippen molar-refractivity contribution in [1.82, 2.24) is 5.32 Å². The molecule has 0 radical (unpaired) electrons. The molecule has 0 unspecified atom stereocenters.